The summed E-state index contributed by atoms with van der Waals surface area (Å²) in [6.07, 6.45) is -5.24. The smallest absolute Gasteiger partial charge is 0.431 e. The Morgan fingerprint density at radius 1 is 1.14 bits per heavy atom. The van der Waals surface area contributed by atoms with Gasteiger partial charge in [0.05, 0.1) is 23.4 Å². The van der Waals surface area contributed by atoms with Gasteiger partial charge in [0.1, 0.15) is 17.3 Å². The minimum absolute atomic E-state index is 0.0710. The van der Waals surface area contributed by atoms with Crippen molar-refractivity contribution in [3.05, 3.63) is 97.0 Å². The van der Waals surface area contributed by atoms with Crippen molar-refractivity contribution in [1.29, 1.82) is 0 Å². The molecule has 0 saturated carbocycles. The molecule has 7 nitrogen and oxygen atoms in total. The molecule has 0 N–H and O–H groups in total. The zero-order valence-corrected chi connectivity index (χ0v) is 20.0. The second-order valence-electron chi connectivity index (χ2n) is 7.79. The molecule has 1 aromatic heterocycles. The lowest BCUT2D eigenvalue weighted by Crippen LogP contribution is -2.41. The molecule has 1 heterocycles. The number of carbonyl (C=O) groups excluding carboxylic acids is 1. The Bertz CT molecular complexity index is 1470. The van der Waals surface area contributed by atoms with Crippen molar-refractivity contribution in [2.75, 3.05) is 7.11 Å². The standard InChI is InChI=1S/C24H19ClF4N2O5/c1-12(2)9-15-20(31-19(32)11-18(24(27,28)29)30(3)23(31)34)17(26)10-16(25)21(15)36-22(33)13-5-7-14(35-4)8-6-13/h5-8,10-11H,1,9H2,2-4H3. The predicted molar refractivity (Wildman–Crippen MR) is 124 cm³/mol. The number of nitrogens with zero attached hydrogens (tertiary/aromatic N) is 2. The van der Waals surface area contributed by atoms with E-state index in [-0.39, 0.29) is 43.5 Å². The number of carbonyl (C=O) groups is 1. The summed E-state index contributed by atoms with van der Waals surface area (Å²) in [5.41, 5.74) is -4.91. The molecule has 36 heavy (non-hydrogen) atoms. The normalized spacial score (nSPS) is 11.3. The minimum atomic E-state index is -5.01. The number of allylic oxidation sites excluding steroid dienone is 1. The fraction of sp³-hybridized carbons (Fsp3) is 0.208. The van der Waals surface area contributed by atoms with Crippen LogP contribution in [0.25, 0.3) is 5.69 Å². The van der Waals surface area contributed by atoms with E-state index < -0.39 is 40.6 Å². The van der Waals surface area contributed by atoms with E-state index in [1.807, 2.05) is 0 Å². The predicted octanol–water partition coefficient (Wildman–Crippen LogP) is 4.69. The molecule has 0 aliphatic carbocycles. The number of methoxy groups -OCH3 is 1. The van der Waals surface area contributed by atoms with Gasteiger partial charge in [0, 0.05) is 18.7 Å². The van der Waals surface area contributed by atoms with E-state index in [1.165, 1.54) is 38.3 Å². The SMILES string of the molecule is C=C(C)Cc1c(OC(=O)c2ccc(OC)cc2)c(Cl)cc(F)c1-n1c(=O)cc(C(F)(F)F)n(C)c1=O. The summed E-state index contributed by atoms with van der Waals surface area (Å²) in [7, 11) is 2.22. The van der Waals surface area contributed by atoms with Crippen molar-refractivity contribution in [1.82, 2.24) is 9.13 Å². The van der Waals surface area contributed by atoms with Gasteiger partial charge >= 0.3 is 17.8 Å². The van der Waals surface area contributed by atoms with Crippen LogP contribution in [-0.2, 0) is 19.6 Å². The molecule has 0 aliphatic rings. The van der Waals surface area contributed by atoms with Crippen molar-refractivity contribution in [3.63, 3.8) is 0 Å². The molecule has 0 fully saturated rings. The summed E-state index contributed by atoms with van der Waals surface area (Å²) >= 11 is 6.17. The Morgan fingerprint density at radius 3 is 2.28 bits per heavy atom. The molecule has 0 saturated heterocycles. The van der Waals surface area contributed by atoms with Crippen LogP contribution in [0.1, 0.15) is 28.5 Å². The third-order valence-electron chi connectivity index (χ3n) is 5.09. The van der Waals surface area contributed by atoms with Crippen LogP contribution in [0.15, 0.2) is 58.1 Å². The van der Waals surface area contributed by atoms with E-state index in [0.717, 1.165) is 7.05 Å². The first-order valence-corrected chi connectivity index (χ1v) is 10.6. The fourth-order valence-electron chi connectivity index (χ4n) is 3.44. The first kappa shape index (κ1) is 26.7. The highest BCUT2D eigenvalue weighted by atomic mass is 35.5. The van der Waals surface area contributed by atoms with E-state index in [0.29, 0.717) is 17.4 Å². The molecule has 12 heteroatoms. The summed E-state index contributed by atoms with van der Waals surface area (Å²) in [5, 5.41) is -0.369. The monoisotopic (exact) mass is 526 g/mol. The van der Waals surface area contributed by atoms with Crippen LogP contribution >= 0.6 is 11.6 Å². The van der Waals surface area contributed by atoms with Crippen LogP contribution in [0.3, 0.4) is 0 Å². The van der Waals surface area contributed by atoms with Crippen LogP contribution in [0.5, 0.6) is 11.5 Å². The lowest BCUT2D eigenvalue weighted by atomic mass is 10.0. The van der Waals surface area contributed by atoms with Crippen molar-refractivity contribution < 1.29 is 31.8 Å². The van der Waals surface area contributed by atoms with Crippen molar-refractivity contribution in [3.8, 4) is 17.2 Å². The van der Waals surface area contributed by atoms with Gasteiger partial charge in [-0.25, -0.2) is 18.5 Å². The number of hydrogen-bond acceptors (Lipinski definition) is 5. The maximum absolute atomic E-state index is 15.2. The Balaban J connectivity index is 2.28. The third-order valence-corrected chi connectivity index (χ3v) is 5.37. The molecular weight excluding hydrogens is 508 g/mol. The summed E-state index contributed by atoms with van der Waals surface area (Å²) in [4.78, 5) is 38.3. The van der Waals surface area contributed by atoms with Gasteiger partial charge in [-0.2, -0.15) is 13.2 Å². The van der Waals surface area contributed by atoms with Gasteiger partial charge in [0.15, 0.2) is 5.75 Å². The summed E-state index contributed by atoms with van der Waals surface area (Å²) in [6, 6.07) is 6.65. The maximum atomic E-state index is 15.2. The van der Waals surface area contributed by atoms with Crippen LogP contribution in [0, 0.1) is 5.82 Å². The molecule has 0 amide bonds. The average Bonchev–Trinajstić information content (AvgIpc) is 2.79. The van der Waals surface area contributed by atoms with Crippen molar-refractivity contribution >= 4 is 17.6 Å². The zero-order valence-electron chi connectivity index (χ0n) is 19.2. The van der Waals surface area contributed by atoms with Crippen molar-refractivity contribution in [2.24, 2.45) is 7.05 Å². The number of hydrogen-bond donors (Lipinski definition) is 0. The van der Waals surface area contributed by atoms with Crippen molar-refractivity contribution in [2.45, 2.75) is 19.5 Å². The summed E-state index contributed by atoms with van der Waals surface area (Å²) in [5.74, 6) is -2.02. The number of esters is 1. The highest BCUT2D eigenvalue weighted by molar-refractivity contribution is 6.32. The molecule has 0 spiro atoms. The second-order valence-corrected chi connectivity index (χ2v) is 8.20. The lowest BCUT2D eigenvalue weighted by molar-refractivity contribution is -0.144. The van der Waals surface area contributed by atoms with E-state index in [2.05, 4.69) is 6.58 Å². The van der Waals surface area contributed by atoms with Crippen LogP contribution < -0.4 is 20.7 Å². The van der Waals surface area contributed by atoms with Gasteiger partial charge in [-0.3, -0.25) is 9.36 Å². The van der Waals surface area contributed by atoms with E-state index in [9.17, 15) is 27.6 Å². The van der Waals surface area contributed by atoms with Gasteiger partial charge in [-0.05, 0) is 43.7 Å². The molecule has 3 rings (SSSR count). The first-order chi connectivity index (χ1) is 16.8. The molecule has 0 aliphatic heterocycles. The van der Waals surface area contributed by atoms with Gasteiger partial charge in [-0.15, -0.1) is 0 Å². The largest absolute Gasteiger partial charge is 0.497 e. The van der Waals surface area contributed by atoms with E-state index >= 15 is 4.39 Å². The number of aromatic nitrogens is 2. The maximum Gasteiger partial charge on any atom is 0.431 e. The average molecular weight is 527 g/mol. The van der Waals surface area contributed by atoms with E-state index in [1.54, 1.807) is 0 Å². The summed E-state index contributed by atoms with van der Waals surface area (Å²) < 4.78 is 65.8. The molecule has 2 aromatic carbocycles. The molecule has 3 aromatic rings. The highest BCUT2D eigenvalue weighted by Crippen LogP contribution is 2.37. The Hall–Kier alpha value is -3.86. The number of halogens is 5. The molecular formula is C24H19ClF4N2O5. The molecule has 0 bridgehead atoms. The van der Waals surface area contributed by atoms with Crippen LogP contribution in [-0.4, -0.2) is 22.2 Å². The molecule has 190 valence electrons. The summed E-state index contributed by atoms with van der Waals surface area (Å²) in [6.45, 7) is 5.24. The quantitative estimate of drug-likeness (QED) is 0.201. The van der Waals surface area contributed by atoms with Gasteiger partial charge in [-0.1, -0.05) is 23.8 Å². The molecule has 0 atom stereocenters. The van der Waals surface area contributed by atoms with E-state index in [4.69, 9.17) is 21.1 Å². The van der Waals surface area contributed by atoms with Gasteiger partial charge in [0.2, 0.25) is 0 Å². The van der Waals surface area contributed by atoms with Crippen LogP contribution in [0.2, 0.25) is 5.02 Å². The lowest BCUT2D eigenvalue weighted by Gasteiger charge is -2.20. The highest BCUT2D eigenvalue weighted by Gasteiger charge is 2.36. The topological polar surface area (TPSA) is 79.5 Å². The first-order valence-electron chi connectivity index (χ1n) is 10.2. The molecule has 0 unspecified atom stereocenters. The second kappa shape index (κ2) is 10.0. The minimum Gasteiger partial charge on any atom is -0.497 e. The van der Waals surface area contributed by atoms with Crippen LogP contribution in [0.4, 0.5) is 17.6 Å². The number of alkyl halides is 3. The Kier molecular flexibility index (Phi) is 7.44. The number of rotatable bonds is 6. The number of benzene rings is 2. The van der Waals surface area contributed by atoms with Gasteiger partial charge < -0.3 is 9.47 Å². The fourth-order valence-corrected chi connectivity index (χ4v) is 3.69. The Labute approximate surface area is 206 Å². The zero-order chi connectivity index (χ0) is 26.9. The van der Waals surface area contributed by atoms with Gasteiger partial charge in [0.25, 0.3) is 5.56 Å². The number of ether oxygens (including phenoxy) is 2. The Morgan fingerprint density at radius 2 is 1.75 bits per heavy atom. The third kappa shape index (κ3) is 5.20. The molecule has 0 radical (unpaired) electrons.